The van der Waals surface area contributed by atoms with Crippen LogP contribution in [0.4, 0.5) is 4.79 Å². The van der Waals surface area contributed by atoms with E-state index in [2.05, 4.69) is 22.8 Å². The van der Waals surface area contributed by atoms with E-state index in [-0.39, 0.29) is 19.1 Å². The molecule has 8 heteroatoms. The first-order valence-corrected chi connectivity index (χ1v) is 13.2. The quantitative estimate of drug-likeness (QED) is 0.308. The molecule has 8 nitrogen and oxygen atoms in total. The first-order chi connectivity index (χ1) is 18.9. The number of carboxylic acid groups (broad SMARTS) is 1. The lowest BCUT2D eigenvalue weighted by molar-refractivity contribution is -0.146. The monoisotopic (exact) mass is 530 g/mol. The average molecular weight is 531 g/mol. The third-order valence-electron chi connectivity index (χ3n) is 6.92. The summed E-state index contributed by atoms with van der Waals surface area (Å²) in [5.41, 5.74) is 5.30. The Balaban J connectivity index is 1.35. The van der Waals surface area contributed by atoms with Crippen molar-refractivity contribution >= 4 is 18.0 Å². The molecule has 0 radical (unpaired) electrons. The highest BCUT2D eigenvalue weighted by Gasteiger charge is 2.32. The summed E-state index contributed by atoms with van der Waals surface area (Å²) in [6.45, 7) is 3.79. The molecule has 0 saturated carbocycles. The van der Waals surface area contributed by atoms with E-state index in [1.165, 1.54) is 0 Å². The van der Waals surface area contributed by atoms with Gasteiger partial charge in [-0.1, -0.05) is 92.2 Å². The van der Waals surface area contributed by atoms with Crippen LogP contribution in [-0.4, -0.2) is 47.9 Å². The number of aliphatic carboxylic acids is 1. The van der Waals surface area contributed by atoms with E-state index in [0.717, 1.165) is 27.8 Å². The molecule has 0 aliphatic heterocycles. The second-order valence-electron chi connectivity index (χ2n) is 9.64. The highest BCUT2D eigenvalue weighted by atomic mass is 16.5. The van der Waals surface area contributed by atoms with Crippen LogP contribution in [0.25, 0.3) is 11.1 Å². The van der Waals surface area contributed by atoms with Crippen LogP contribution in [0.1, 0.15) is 49.3 Å². The molecule has 39 heavy (non-hydrogen) atoms. The van der Waals surface area contributed by atoms with E-state index >= 15 is 0 Å². The number of benzene rings is 3. The van der Waals surface area contributed by atoms with Gasteiger partial charge in [0.05, 0.1) is 12.7 Å². The van der Waals surface area contributed by atoms with Crippen molar-refractivity contribution in [2.45, 2.75) is 57.4 Å². The fourth-order valence-electron chi connectivity index (χ4n) is 4.87. The van der Waals surface area contributed by atoms with E-state index in [1.807, 2.05) is 73.7 Å². The number of hydrogen-bond acceptors (Lipinski definition) is 5. The summed E-state index contributed by atoms with van der Waals surface area (Å²) in [4.78, 5) is 37.8. The minimum Gasteiger partial charge on any atom is -0.480 e. The fourth-order valence-corrected chi connectivity index (χ4v) is 4.87. The van der Waals surface area contributed by atoms with Crippen LogP contribution in [0.5, 0.6) is 0 Å². The van der Waals surface area contributed by atoms with Crippen molar-refractivity contribution in [2.24, 2.45) is 0 Å². The zero-order chi connectivity index (χ0) is 27.8. The number of ether oxygens (including phenoxy) is 2. The van der Waals surface area contributed by atoms with Crippen molar-refractivity contribution in [2.75, 3.05) is 6.61 Å². The smallest absolute Gasteiger partial charge is 0.407 e. The first-order valence-electron chi connectivity index (χ1n) is 13.2. The maximum Gasteiger partial charge on any atom is 0.407 e. The van der Waals surface area contributed by atoms with Crippen molar-refractivity contribution in [1.82, 2.24) is 10.6 Å². The number of alkyl carbamates (subject to hydrolysis) is 1. The van der Waals surface area contributed by atoms with Crippen LogP contribution >= 0.6 is 0 Å². The Morgan fingerprint density at radius 1 is 0.872 bits per heavy atom. The Labute approximate surface area is 228 Å². The average Bonchev–Trinajstić information content (AvgIpc) is 3.27. The molecule has 3 aromatic rings. The number of amides is 2. The van der Waals surface area contributed by atoms with Crippen LogP contribution in [0.2, 0.25) is 0 Å². The Morgan fingerprint density at radius 2 is 1.46 bits per heavy atom. The predicted molar refractivity (Wildman–Crippen MR) is 147 cm³/mol. The zero-order valence-corrected chi connectivity index (χ0v) is 22.1. The Morgan fingerprint density at radius 3 is 2.05 bits per heavy atom. The summed E-state index contributed by atoms with van der Waals surface area (Å²) in [6.07, 6.45) is -0.615. The largest absolute Gasteiger partial charge is 0.480 e. The van der Waals surface area contributed by atoms with Crippen LogP contribution in [0.15, 0.2) is 78.9 Å². The van der Waals surface area contributed by atoms with Gasteiger partial charge in [-0.3, -0.25) is 4.79 Å². The van der Waals surface area contributed by atoms with Crippen LogP contribution in [0, 0.1) is 0 Å². The molecule has 3 aromatic carbocycles. The molecule has 3 atom stereocenters. The molecule has 1 aliphatic rings. The van der Waals surface area contributed by atoms with Crippen molar-refractivity contribution in [3.8, 4) is 11.1 Å². The Kier molecular flexibility index (Phi) is 9.33. The molecular weight excluding hydrogens is 496 g/mol. The van der Waals surface area contributed by atoms with Gasteiger partial charge < -0.3 is 25.2 Å². The molecule has 0 fully saturated rings. The molecule has 0 heterocycles. The highest BCUT2D eigenvalue weighted by molar-refractivity contribution is 5.89. The van der Waals surface area contributed by atoms with Crippen molar-refractivity contribution < 1.29 is 29.0 Å². The van der Waals surface area contributed by atoms with Crippen LogP contribution < -0.4 is 10.6 Å². The van der Waals surface area contributed by atoms with Gasteiger partial charge in [0.2, 0.25) is 5.91 Å². The second-order valence-corrected chi connectivity index (χ2v) is 9.64. The van der Waals surface area contributed by atoms with Gasteiger partial charge in [0.15, 0.2) is 6.04 Å². The van der Waals surface area contributed by atoms with Gasteiger partial charge in [0.25, 0.3) is 0 Å². The maximum absolute atomic E-state index is 13.0. The van der Waals surface area contributed by atoms with E-state index in [1.54, 1.807) is 6.92 Å². The first kappa shape index (κ1) is 27.9. The number of hydrogen-bond donors (Lipinski definition) is 3. The third kappa shape index (κ3) is 6.83. The minimum atomic E-state index is -1.29. The molecule has 2 amide bonds. The molecule has 3 N–H and O–H groups in total. The molecule has 0 bridgehead atoms. The lowest BCUT2D eigenvalue weighted by Gasteiger charge is -2.25. The number of carboxylic acids is 1. The van der Waals surface area contributed by atoms with Crippen molar-refractivity contribution in [1.29, 1.82) is 0 Å². The summed E-state index contributed by atoms with van der Waals surface area (Å²) in [7, 11) is 0. The number of carbonyl (C=O) groups is 3. The summed E-state index contributed by atoms with van der Waals surface area (Å²) in [5.74, 6) is -1.94. The zero-order valence-electron chi connectivity index (χ0n) is 22.1. The van der Waals surface area contributed by atoms with E-state index in [0.29, 0.717) is 12.8 Å². The highest BCUT2D eigenvalue weighted by Crippen LogP contribution is 2.44. The number of rotatable bonds is 12. The molecule has 0 unspecified atom stereocenters. The van der Waals surface area contributed by atoms with E-state index in [9.17, 15) is 19.5 Å². The minimum absolute atomic E-state index is 0.111. The second kappa shape index (κ2) is 13.1. The summed E-state index contributed by atoms with van der Waals surface area (Å²) >= 11 is 0. The third-order valence-corrected chi connectivity index (χ3v) is 6.92. The van der Waals surface area contributed by atoms with Gasteiger partial charge in [-0.2, -0.15) is 0 Å². The van der Waals surface area contributed by atoms with Gasteiger partial charge in [-0.15, -0.1) is 0 Å². The lowest BCUT2D eigenvalue weighted by Crippen LogP contribution is -2.55. The van der Waals surface area contributed by atoms with Gasteiger partial charge in [-0.05, 0) is 41.2 Å². The number of fused-ring (bicyclic) bond motifs is 3. The number of carbonyl (C=O) groups excluding carboxylic acids is 2. The summed E-state index contributed by atoms with van der Waals surface area (Å²) in [5, 5.41) is 14.9. The lowest BCUT2D eigenvalue weighted by atomic mass is 9.98. The molecule has 0 spiro atoms. The molecule has 1 aliphatic carbocycles. The summed E-state index contributed by atoms with van der Waals surface area (Å²) < 4.78 is 11.3. The topological polar surface area (TPSA) is 114 Å². The summed E-state index contributed by atoms with van der Waals surface area (Å²) in [6, 6.07) is 23.2. The molecule has 0 saturated heterocycles. The van der Waals surface area contributed by atoms with Gasteiger partial charge in [0, 0.05) is 5.92 Å². The Hall–Kier alpha value is -4.17. The number of nitrogens with one attached hydrogen (secondary N) is 2. The molecule has 0 aromatic heterocycles. The SMILES string of the molecule is CCC[C@@H](NC(=O)OCC1c2ccccc2-c2ccccc21)C(=O)N[C@H](C(=O)O)[C@@H](C)OCc1ccccc1. The standard InChI is InChI=1S/C31H34N2O6/c1-3-11-27(29(34)33-28(30(35)36)20(2)38-18-21-12-5-4-6-13-21)32-31(37)39-19-26-24-16-9-7-14-22(24)23-15-8-10-17-25(23)26/h4-10,12-17,20,26-28H,3,11,18-19H2,1-2H3,(H,32,37)(H,33,34)(H,35,36)/t20-,27-,28+/m1/s1. The van der Waals surface area contributed by atoms with Crippen molar-refractivity contribution in [3.63, 3.8) is 0 Å². The molecule has 4 rings (SSSR count). The van der Waals surface area contributed by atoms with E-state index < -0.39 is 36.2 Å². The Bertz CT molecular complexity index is 1250. The van der Waals surface area contributed by atoms with Crippen LogP contribution in [0.3, 0.4) is 0 Å². The van der Waals surface area contributed by atoms with Gasteiger partial charge in [-0.25, -0.2) is 9.59 Å². The fraction of sp³-hybridized carbons (Fsp3) is 0.323. The predicted octanol–water partition coefficient (Wildman–Crippen LogP) is 4.87. The van der Waals surface area contributed by atoms with Gasteiger partial charge >= 0.3 is 12.1 Å². The molecule has 204 valence electrons. The van der Waals surface area contributed by atoms with E-state index in [4.69, 9.17) is 9.47 Å². The maximum atomic E-state index is 13.0. The normalized spacial score (nSPS) is 14.4. The molecular formula is C31H34N2O6. The van der Waals surface area contributed by atoms with Gasteiger partial charge in [0.1, 0.15) is 12.6 Å². The van der Waals surface area contributed by atoms with Crippen LogP contribution in [-0.2, 0) is 25.7 Å². The van der Waals surface area contributed by atoms with Crippen molar-refractivity contribution in [3.05, 3.63) is 95.6 Å².